The molecule has 0 aliphatic rings. The SMILES string of the molecule is O=C(N[O-])c1ccc(CN(Cc2ccc(F)cc2)S(=O)(=O)c2ccccc2)cc1. The van der Waals surface area contributed by atoms with Gasteiger partial charge in [-0.25, -0.2) is 12.8 Å². The van der Waals surface area contributed by atoms with Crippen molar-refractivity contribution in [2.75, 3.05) is 0 Å². The van der Waals surface area contributed by atoms with E-state index in [-0.39, 0.29) is 23.5 Å². The van der Waals surface area contributed by atoms with Crippen LogP contribution < -0.4 is 5.48 Å². The van der Waals surface area contributed by atoms with Crippen LogP contribution in [0, 0.1) is 11.0 Å². The fraction of sp³-hybridized carbons (Fsp3) is 0.0952. The minimum atomic E-state index is -3.83. The van der Waals surface area contributed by atoms with Gasteiger partial charge in [-0.15, -0.1) is 0 Å². The van der Waals surface area contributed by atoms with E-state index in [2.05, 4.69) is 0 Å². The fourth-order valence-electron chi connectivity index (χ4n) is 2.78. The summed E-state index contributed by atoms with van der Waals surface area (Å²) in [5.74, 6) is -1.17. The van der Waals surface area contributed by atoms with Gasteiger partial charge in [-0.2, -0.15) is 4.31 Å². The van der Waals surface area contributed by atoms with Gasteiger partial charge in [0.05, 0.1) is 4.90 Å². The first-order valence-corrected chi connectivity index (χ1v) is 10.2. The topological polar surface area (TPSA) is 89.5 Å². The van der Waals surface area contributed by atoms with Gasteiger partial charge >= 0.3 is 0 Å². The van der Waals surface area contributed by atoms with Crippen molar-refractivity contribution in [3.05, 3.63) is 107 Å². The number of carbonyl (C=O) groups is 1. The fourth-order valence-corrected chi connectivity index (χ4v) is 4.22. The normalized spacial score (nSPS) is 11.4. The highest BCUT2D eigenvalue weighted by Gasteiger charge is 2.25. The Labute approximate surface area is 168 Å². The quantitative estimate of drug-likeness (QED) is 0.601. The Hall–Kier alpha value is -3.07. The molecule has 0 aliphatic carbocycles. The highest BCUT2D eigenvalue weighted by atomic mass is 32.2. The number of hydrogen-bond donors (Lipinski definition) is 1. The van der Waals surface area contributed by atoms with Crippen LogP contribution in [0.2, 0.25) is 0 Å². The third kappa shape index (κ3) is 5.05. The molecule has 0 saturated heterocycles. The molecule has 0 unspecified atom stereocenters. The second kappa shape index (κ2) is 8.95. The zero-order valence-electron chi connectivity index (χ0n) is 15.3. The molecule has 0 fully saturated rings. The summed E-state index contributed by atoms with van der Waals surface area (Å²) in [4.78, 5) is 11.5. The molecule has 0 bridgehead atoms. The minimum absolute atomic E-state index is 0.0356. The smallest absolute Gasteiger partial charge is 0.243 e. The molecule has 0 aliphatic heterocycles. The maximum Gasteiger partial charge on any atom is 0.243 e. The molecular formula is C21H18FN2O4S-. The van der Waals surface area contributed by atoms with Crippen LogP contribution in [-0.2, 0) is 23.1 Å². The monoisotopic (exact) mass is 413 g/mol. The van der Waals surface area contributed by atoms with E-state index < -0.39 is 21.7 Å². The van der Waals surface area contributed by atoms with Gasteiger partial charge in [0.1, 0.15) is 5.82 Å². The predicted octanol–water partition coefficient (Wildman–Crippen LogP) is 3.44. The van der Waals surface area contributed by atoms with Crippen LogP contribution in [0.25, 0.3) is 0 Å². The van der Waals surface area contributed by atoms with Gasteiger partial charge in [0, 0.05) is 18.7 Å². The molecule has 1 amide bonds. The highest BCUT2D eigenvalue weighted by Crippen LogP contribution is 2.21. The molecule has 0 heterocycles. The molecule has 0 radical (unpaired) electrons. The maximum atomic E-state index is 13.2. The molecule has 8 heteroatoms. The van der Waals surface area contributed by atoms with Crippen LogP contribution in [0.15, 0.2) is 83.8 Å². The average Bonchev–Trinajstić information content (AvgIpc) is 2.75. The molecule has 0 saturated carbocycles. The summed E-state index contributed by atoms with van der Waals surface area (Å²) >= 11 is 0. The Morgan fingerprint density at radius 3 is 1.90 bits per heavy atom. The summed E-state index contributed by atoms with van der Waals surface area (Å²) in [6.45, 7) is 0.0776. The lowest BCUT2D eigenvalue weighted by Gasteiger charge is -2.23. The van der Waals surface area contributed by atoms with E-state index in [1.54, 1.807) is 30.3 Å². The molecule has 0 aromatic heterocycles. The second-order valence-electron chi connectivity index (χ2n) is 6.34. The van der Waals surface area contributed by atoms with Crippen LogP contribution in [0.1, 0.15) is 21.5 Å². The highest BCUT2D eigenvalue weighted by molar-refractivity contribution is 7.89. The van der Waals surface area contributed by atoms with Crippen LogP contribution in [0.5, 0.6) is 0 Å². The van der Waals surface area contributed by atoms with E-state index >= 15 is 0 Å². The summed E-state index contributed by atoms with van der Waals surface area (Å²) in [5.41, 5.74) is 2.74. The van der Waals surface area contributed by atoms with Crippen molar-refractivity contribution in [1.82, 2.24) is 9.79 Å². The van der Waals surface area contributed by atoms with Gasteiger partial charge in [-0.3, -0.25) is 4.79 Å². The Balaban J connectivity index is 1.92. The van der Waals surface area contributed by atoms with Crippen molar-refractivity contribution >= 4 is 15.9 Å². The third-order valence-corrected chi connectivity index (χ3v) is 6.13. The Kier molecular flexibility index (Phi) is 6.38. The Morgan fingerprint density at radius 1 is 0.862 bits per heavy atom. The molecule has 0 atom stereocenters. The van der Waals surface area contributed by atoms with E-state index in [9.17, 15) is 22.8 Å². The van der Waals surface area contributed by atoms with E-state index in [0.29, 0.717) is 11.1 Å². The van der Waals surface area contributed by atoms with Gasteiger partial charge in [0.2, 0.25) is 15.9 Å². The van der Waals surface area contributed by atoms with Crippen LogP contribution in [0.3, 0.4) is 0 Å². The summed E-state index contributed by atoms with van der Waals surface area (Å²) < 4.78 is 40.8. The summed E-state index contributed by atoms with van der Waals surface area (Å²) in [5, 5.41) is 10.5. The van der Waals surface area contributed by atoms with Crippen LogP contribution >= 0.6 is 0 Å². The first-order valence-electron chi connectivity index (χ1n) is 8.71. The first-order chi connectivity index (χ1) is 13.9. The summed E-state index contributed by atoms with van der Waals surface area (Å²) in [7, 11) is -3.83. The number of rotatable bonds is 7. The van der Waals surface area contributed by atoms with E-state index in [1.165, 1.54) is 58.3 Å². The van der Waals surface area contributed by atoms with Crippen molar-refractivity contribution in [1.29, 1.82) is 0 Å². The molecule has 150 valence electrons. The third-order valence-electron chi connectivity index (χ3n) is 4.32. The lowest BCUT2D eigenvalue weighted by molar-refractivity contribution is 0.0970. The molecule has 1 N–H and O–H groups in total. The standard InChI is InChI=1S/C21H18FN2O4S/c22-19-12-8-17(9-13-19)15-24(29(27,28)20-4-2-1-3-5-20)14-16-6-10-18(11-7-16)21(25)23-26/h1-13H,14-15H2,(H-,23,25,26)/q-1. The molecule has 3 aromatic carbocycles. The molecule has 6 nitrogen and oxygen atoms in total. The zero-order chi connectivity index (χ0) is 20.9. The molecule has 3 aromatic rings. The minimum Gasteiger partial charge on any atom is -0.759 e. The lowest BCUT2D eigenvalue weighted by Crippen LogP contribution is -2.30. The van der Waals surface area contributed by atoms with Crippen molar-refractivity contribution in [2.45, 2.75) is 18.0 Å². The summed E-state index contributed by atoms with van der Waals surface area (Å²) in [6, 6.07) is 19.7. The second-order valence-corrected chi connectivity index (χ2v) is 8.28. The van der Waals surface area contributed by atoms with E-state index in [4.69, 9.17) is 0 Å². The van der Waals surface area contributed by atoms with Crippen molar-refractivity contribution in [2.24, 2.45) is 0 Å². The van der Waals surface area contributed by atoms with Gasteiger partial charge in [-0.05, 0) is 47.5 Å². The number of hydrogen-bond acceptors (Lipinski definition) is 4. The number of amides is 1. The number of carbonyl (C=O) groups excluding carboxylic acids is 1. The maximum absolute atomic E-state index is 13.2. The first kappa shape index (κ1) is 20.7. The zero-order valence-corrected chi connectivity index (χ0v) is 16.1. The molecule has 3 rings (SSSR count). The number of nitrogens with zero attached hydrogens (tertiary/aromatic N) is 1. The van der Waals surface area contributed by atoms with Crippen molar-refractivity contribution in [3.8, 4) is 0 Å². The number of sulfonamides is 1. The molecule has 0 spiro atoms. The largest absolute Gasteiger partial charge is 0.759 e. The predicted molar refractivity (Wildman–Crippen MR) is 107 cm³/mol. The van der Waals surface area contributed by atoms with Crippen LogP contribution in [0.4, 0.5) is 4.39 Å². The average molecular weight is 413 g/mol. The molecular weight excluding hydrogens is 395 g/mol. The van der Waals surface area contributed by atoms with Gasteiger partial charge in [-0.1, -0.05) is 42.5 Å². The lowest BCUT2D eigenvalue weighted by atomic mass is 10.1. The van der Waals surface area contributed by atoms with E-state index in [1.807, 2.05) is 0 Å². The summed E-state index contributed by atoms with van der Waals surface area (Å²) in [6.07, 6.45) is 0. The number of hydroxylamine groups is 1. The van der Waals surface area contributed by atoms with Crippen molar-refractivity contribution < 1.29 is 17.6 Å². The van der Waals surface area contributed by atoms with Gasteiger partial charge in [0.25, 0.3) is 0 Å². The Bertz CT molecular complexity index is 1070. The van der Waals surface area contributed by atoms with Gasteiger partial charge in [0.15, 0.2) is 0 Å². The van der Waals surface area contributed by atoms with Gasteiger partial charge < -0.3 is 10.7 Å². The number of nitrogens with one attached hydrogen (secondary N) is 1. The number of benzene rings is 3. The Morgan fingerprint density at radius 2 is 1.38 bits per heavy atom. The number of halogens is 1. The molecule has 29 heavy (non-hydrogen) atoms. The van der Waals surface area contributed by atoms with E-state index in [0.717, 1.165) is 0 Å². The van der Waals surface area contributed by atoms with Crippen LogP contribution in [-0.4, -0.2) is 18.6 Å². The van der Waals surface area contributed by atoms with Crippen molar-refractivity contribution in [3.63, 3.8) is 0 Å².